The summed E-state index contributed by atoms with van der Waals surface area (Å²) in [5.41, 5.74) is 3.92. The van der Waals surface area contributed by atoms with Crippen LogP contribution in [0.3, 0.4) is 0 Å². The lowest BCUT2D eigenvalue weighted by atomic mass is 9.52. The Bertz CT molecular complexity index is 832. The highest BCUT2D eigenvalue weighted by Gasteiger charge is 2.62. The van der Waals surface area contributed by atoms with E-state index in [4.69, 9.17) is 9.90 Å². The normalized spacial score (nSPS) is 26.5. The van der Waals surface area contributed by atoms with Gasteiger partial charge in [-0.15, -0.1) is 0 Å². The number of halogens is 3. The molecule has 0 bridgehead atoms. The fourth-order valence-electron chi connectivity index (χ4n) is 3.63. The highest BCUT2D eigenvalue weighted by molar-refractivity contribution is 5.73. The highest BCUT2D eigenvalue weighted by Crippen LogP contribution is 2.58. The van der Waals surface area contributed by atoms with Crippen LogP contribution in [0, 0.1) is 12.3 Å². The summed E-state index contributed by atoms with van der Waals surface area (Å²) in [5, 5.41) is 18.2. The van der Waals surface area contributed by atoms with E-state index in [1.54, 1.807) is 0 Å². The molecule has 2 unspecified atom stereocenters. The largest absolute Gasteiger partial charge is 0.490 e. The molecule has 2 aliphatic rings. The number of hydrogen-bond donors (Lipinski definition) is 3. The number of carboxylic acid groups (broad SMARTS) is 1. The minimum Gasteiger partial charge on any atom is -0.475 e. The van der Waals surface area contributed by atoms with E-state index in [1.807, 2.05) is 6.20 Å². The maximum absolute atomic E-state index is 10.6. The summed E-state index contributed by atoms with van der Waals surface area (Å²) in [4.78, 5) is 8.90. The number of rotatable bonds is 2. The molecule has 138 valence electrons. The van der Waals surface area contributed by atoms with Crippen molar-refractivity contribution in [1.82, 2.24) is 15.5 Å². The molecule has 2 heterocycles. The van der Waals surface area contributed by atoms with Gasteiger partial charge >= 0.3 is 12.1 Å². The first-order valence-corrected chi connectivity index (χ1v) is 8.02. The van der Waals surface area contributed by atoms with Gasteiger partial charge in [0.1, 0.15) is 0 Å². The molecule has 1 spiro atoms. The van der Waals surface area contributed by atoms with Crippen LogP contribution in [0.15, 0.2) is 48.7 Å². The number of aromatic nitrogens is 2. The molecular formula is C18H18F3N3O2. The minimum absolute atomic E-state index is 0.135. The predicted octanol–water partition coefficient (Wildman–Crippen LogP) is 3.14. The van der Waals surface area contributed by atoms with Gasteiger partial charge in [0.25, 0.3) is 0 Å². The molecule has 26 heavy (non-hydrogen) atoms. The van der Waals surface area contributed by atoms with Crippen molar-refractivity contribution in [2.24, 2.45) is 5.41 Å². The first-order chi connectivity index (χ1) is 12.2. The number of benzene rings is 1. The van der Waals surface area contributed by atoms with E-state index in [1.165, 1.54) is 11.1 Å². The topological polar surface area (TPSA) is 78.0 Å². The number of carboxylic acids is 1. The van der Waals surface area contributed by atoms with E-state index < -0.39 is 12.1 Å². The Morgan fingerprint density at radius 3 is 2.31 bits per heavy atom. The molecule has 0 amide bonds. The van der Waals surface area contributed by atoms with Gasteiger partial charge in [0.15, 0.2) is 0 Å². The molecule has 0 radical (unpaired) electrons. The van der Waals surface area contributed by atoms with E-state index in [-0.39, 0.29) is 11.0 Å². The van der Waals surface area contributed by atoms with E-state index in [0.717, 1.165) is 18.7 Å². The number of aromatic amines is 1. The van der Waals surface area contributed by atoms with Gasteiger partial charge in [-0.05, 0) is 30.5 Å². The third-order valence-corrected chi connectivity index (χ3v) is 5.03. The zero-order valence-corrected chi connectivity index (χ0v) is 14.0. The zero-order valence-electron chi connectivity index (χ0n) is 14.0. The van der Waals surface area contributed by atoms with Gasteiger partial charge in [-0.2, -0.15) is 18.3 Å². The molecule has 0 saturated carbocycles. The van der Waals surface area contributed by atoms with Crippen molar-refractivity contribution in [2.45, 2.75) is 25.1 Å². The average molecular weight is 365 g/mol. The Kier molecular flexibility index (Phi) is 4.39. The lowest BCUT2D eigenvalue weighted by molar-refractivity contribution is -0.192. The molecule has 1 aromatic heterocycles. The summed E-state index contributed by atoms with van der Waals surface area (Å²) in [6.45, 7) is 3.22. The SMILES string of the molecule is Cc1ccccc1C1(c2ccn[nH]2)NCC12C=CC2.O=C(O)C(F)(F)F. The Balaban J connectivity index is 0.000000242. The van der Waals surface area contributed by atoms with Crippen LogP contribution in [0.1, 0.15) is 23.2 Å². The second-order valence-electron chi connectivity index (χ2n) is 6.45. The summed E-state index contributed by atoms with van der Waals surface area (Å²) >= 11 is 0. The van der Waals surface area contributed by atoms with E-state index in [0.29, 0.717) is 0 Å². The van der Waals surface area contributed by atoms with Crippen LogP contribution < -0.4 is 5.32 Å². The van der Waals surface area contributed by atoms with Crippen molar-refractivity contribution in [3.63, 3.8) is 0 Å². The standard InChI is InChI=1S/C16H17N3.C2HF3O2/c1-12-5-2-3-6-13(12)16(14-7-10-18-19-14)15(11-17-16)8-4-9-15;3-2(4,5)1(6)7/h2-8,10,17H,9,11H2,1H3,(H,18,19);(H,6,7). The molecule has 2 atom stereocenters. The van der Waals surface area contributed by atoms with Crippen molar-refractivity contribution in [3.8, 4) is 0 Å². The Morgan fingerprint density at radius 1 is 1.27 bits per heavy atom. The number of carbonyl (C=O) groups is 1. The van der Waals surface area contributed by atoms with Gasteiger partial charge in [0.05, 0.1) is 11.2 Å². The van der Waals surface area contributed by atoms with Crippen molar-refractivity contribution in [3.05, 3.63) is 65.5 Å². The molecule has 1 fully saturated rings. The first-order valence-electron chi connectivity index (χ1n) is 8.02. The second kappa shape index (κ2) is 6.28. The van der Waals surface area contributed by atoms with Crippen LogP contribution in [-0.4, -0.2) is 34.0 Å². The monoisotopic (exact) mass is 365 g/mol. The molecule has 5 nitrogen and oxygen atoms in total. The van der Waals surface area contributed by atoms with E-state index >= 15 is 0 Å². The smallest absolute Gasteiger partial charge is 0.475 e. The van der Waals surface area contributed by atoms with Crippen LogP contribution >= 0.6 is 0 Å². The van der Waals surface area contributed by atoms with Gasteiger partial charge < -0.3 is 10.4 Å². The number of nitrogens with one attached hydrogen (secondary N) is 2. The zero-order chi connectivity index (χ0) is 19.0. The summed E-state index contributed by atoms with van der Waals surface area (Å²) < 4.78 is 31.7. The quantitative estimate of drug-likeness (QED) is 0.715. The Morgan fingerprint density at radius 2 is 1.92 bits per heavy atom. The number of allylic oxidation sites excluding steroid dienone is 1. The predicted molar refractivity (Wildman–Crippen MR) is 88.4 cm³/mol. The second-order valence-corrected chi connectivity index (χ2v) is 6.45. The number of aliphatic carboxylic acids is 1. The van der Waals surface area contributed by atoms with Crippen molar-refractivity contribution < 1.29 is 23.1 Å². The van der Waals surface area contributed by atoms with Gasteiger partial charge in [-0.3, -0.25) is 5.10 Å². The number of aryl methyl sites for hydroxylation is 1. The first kappa shape index (κ1) is 18.2. The van der Waals surface area contributed by atoms with Crippen molar-refractivity contribution in [2.75, 3.05) is 6.54 Å². The summed E-state index contributed by atoms with van der Waals surface area (Å²) in [7, 11) is 0. The molecule has 2 aromatic rings. The molecule has 4 rings (SSSR count). The minimum atomic E-state index is -5.08. The van der Waals surface area contributed by atoms with Gasteiger partial charge in [0, 0.05) is 18.2 Å². The molecular weight excluding hydrogens is 347 g/mol. The van der Waals surface area contributed by atoms with Crippen molar-refractivity contribution in [1.29, 1.82) is 0 Å². The summed E-state index contributed by atoms with van der Waals surface area (Å²) in [5.74, 6) is -2.76. The van der Waals surface area contributed by atoms with Crippen LogP contribution in [0.5, 0.6) is 0 Å². The average Bonchev–Trinajstić information content (AvgIpc) is 3.01. The lowest BCUT2D eigenvalue weighted by Crippen LogP contribution is -2.72. The van der Waals surface area contributed by atoms with Crippen molar-refractivity contribution >= 4 is 5.97 Å². The maximum Gasteiger partial charge on any atom is 0.490 e. The van der Waals surface area contributed by atoms with Gasteiger partial charge in [-0.25, -0.2) is 4.79 Å². The molecule has 3 N–H and O–H groups in total. The van der Waals surface area contributed by atoms with Crippen LogP contribution in [-0.2, 0) is 10.3 Å². The number of H-pyrrole nitrogens is 1. The van der Waals surface area contributed by atoms with Crippen LogP contribution in [0.4, 0.5) is 13.2 Å². The Labute approximate surface area is 147 Å². The molecule has 1 aliphatic carbocycles. The number of hydrogen-bond acceptors (Lipinski definition) is 3. The molecule has 1 aliphatic heterocycles. The fraction of sp³-hybridized carbons (Fsp3) is 0.333. The maximum atomic E-state index is 10.6. The highest BCUT2D eigenvalue weighted by atomic mass is 19.4. The third-order valence-electron chi connectivity index (χ3n) is 5.03. The Hall–Kier alpha value is -2.61. The number of nitrogens with zero attached hydrogens (tertiary/aromatic N) is 1. The lowest BCUT2D eigenvalue weighted by Gasteiger charge is -2.62. The molecule has 1 aromatic carbocycles. The number of alkyl halides is 3. The molecule has 1 saturated heterocycles. The summed E-state index contributed by atoms with van der Waals surface area (Å²) in [6, 6.07) is 10.7. The summed E-state index contributed by atoms with van der Waals surface area (Å²) in [6.07, 6.45) is 2.51. The van der Waals surface area contributed by atoms with Gasteiger partial charge in [0.2, 0.25) is 0 Å². The fourth-order valence-corrected chi connectivity index (χ4v) is 3.63. The third kappa shape index (κ3) is 2.70. The molecule has 8 heteroatoms. The van der Waals surface area contributed by atoms with E-state index in [2.05, 4.69) is 64.9 Å². The van der Waals surface area contributed by atoms with Crippen LogP contribution in [0.2, 0.25) is 0 Å². The van der Waals surface area contributed by atoms with Gasteiger partial charge in [-0.1, -0.05) is 36.4 Å². The van der Waals surface area contributed by atoms with Crippen LogP contribution in [0.25, 0.3) is 0 Å². The van der Waals surface area contributed by atoms with E-state index in [9.17, 15) is 13.2 Å².